The van der Waals surface area contributed by atoms with Gasteiger partial charge in [-0.05, 0) is 36.4 Å². The van der Waals surface area contributed by atoms with Crippen LogP contribution in [0.1, 0.15) is 16.1 Å². The zero-order valence-corrected chi connectivity index (χ0v) is 14.5. The predicted molar refractivity (Wildman–Crippen MR) is 93.5 cm³/mol. The highest BCUT2D eigenvalue weighted by Gasteiger charge is 2.20. The minimum absolute atomic E-state index is 0.221. The Morgan fingerprint density at radius 3 is 2.15 bits per heavy atom. The quantitative estimate of drug-likeness (QED) is 0.685. The number of rotatable bonds is 6. The number of H-pyrrole nitrogens is 1. The van der Waals surface area contributed by atoms with Crippen LogP contribution in [0.15, 0.2) is 42.6 Å². The molecular formula is C19H17FN2O4. The van der Waals surface area contributed by atoms with Crippen molar-refractivity contribution in [2.75, 3.05) is 21.3 Å². The first-order valence-corrected chi connectivity index (χ1v) is 7.73. The third kappa shape index (κ3) is 3.23. The van der Waals surface area contributed by atoms with Crippen molar-refractivity contribution in [2.24, 2.45) is 0 Å². The Hall–Kier alpha value is -3.35. The van der Waals surface area contributed by atoms with Gasteiger partial charge in [0.2, 0.25) is 11.5 Å². The third-order valence-corrected chi connectivity index (χ3v) is 3.86. The Labute approximate surface area is 149 Å². The van der Waals surface area contributed by atoms with Crippen LogP contribution in [0.3, 0.4) is 0 Å². The van der Waals surface area contributed by atoms with Crippen molar-refractivity contribution in [3.63, 3.8) is 0 Å². The Bertz CT molecular complexity index is 910. The molecule has 0 saturated heterocycles. The number of methoxy groups -OCH3 is 3. The average Bonchev–Trinajstić information content (AvgIpc) is 3.16. The first-order valence-electron chi connectivity index (χ1n) is 7.73. The molecule has 26 heavy (non-hydrogen) atoms. The van der Waals surface area contributed by atoms with Gasteiger partial charge in [0, 0.05) is 17.3 Å². The number of hydrogen-bond acceptors (Lipinski definition) is 5. The minimum Gasteiger partial charge on any atom is -0.493 e. The van der Waals surface area contributed by atoms with E-state index in [4.69, 9.17) is 14.2 Å². The maximum atomic E-state index is 13.0. The number of carbonyl (C=O) groups is 1. The summed E-state index contributed by atoms with van der Waals surface area (Å²) < 4.78 is 28.8. The molecule has 0 saturated carbocycles. The van der Waals surface area contributed by atoms with Gasteiger partial charge < -0.3 is 19.2 Å². The van der Waals surface area contributed by atoms with Gasteiger partial charge in [0.15, 0.2) is 11.5 Å². The molecule has 0 fully saturated rings. The summed E-state index contributed by atoms with van der Waals surface area (Å²) in [5.74, 6) is 0.984. The molecule has 1 heterocycles. The molecule has 0 aliphatic rings. The first-order chi connectivity index (χ1) is 12.6. The highest BCUT2D eigenvalue weighted by Crippen LogP contribution is 2.38. The zero-order valence-electron chi connectivity index (χ0n) is 14.5. The van der Waals surface area contributed by atoms with Crippen LogP contribution in [-0.2, 0) is 0 Å². The maximum Gasteiger partial charge on any atom is 0.213 e. The fourth-order valence-corrected chi connectivity index (χ4v) is 2.55. The van der Waals surface area contributed by atoms with E-state index in [1.807, 2.05) is 0 Å². The van der Waals surface area contributed by atoms with Crippen LogP contribution in [0, 0.1) is 5.82 Å². The molecule has 6 nitrogen and oxygen atoms in total. The molecule has 3 rings (SSSR count). The number of hydrogen-bond donors (Lipinski definition) is 1. The summed E-state index contributed by atoms with van der Waals surface area (Å²) in [6.45, 7) is 0. The number of aromatic amines is 1. The van der Waals surface area contributed by atoms with E-state index in [-0.39, 0.29) is 17.3 Å². The van der Waals surface area contributed by atoms with Crippen molar-refractivity contribution < 1.29 is 23.4 Å². The number of ether oxygens (including phenoxy) is 3. The van der Waals surface area contributed by atoms with E-state index in [9.17, 15) is 9.18 Å². The average molecular weight is 356 g/mol. The van der Waals surface area contributed by atoms with Gasteiger partial charge in [-0.1, -0.05) is 0 Å². The van der Waals surface area contributed by atoms with Crippen LogP contribution in [0.4, 0.5) is 4.39 Å². The van der Waals surface area contributed by atoms with Gasteiger partial charge in [-0.15, -0.1) is 0 Å². The summed E-state index contributed by atoms with van der Waals surface area (Å²) in [6, 6.07) is 8.96. The van der Waals surface area contributed by atoms with Gasteiger partial charge in [-0.25, -0.2) is 9.37 Å². The van der Waals surface area contributed by atoms with Crippen molar-refractivity contribution in [1.29, 1.82) is 0 Å². The summed E-state index contributed by atoms with van der Waals surface area (Å²) in [5, 5.41) is 0. The van der Waals surface area contributed by atoms with Crippen LogP contribution >= 0.6 is 0 Å². The van der Waals surface area contributed by atoms with Gasteiger partial charge in [-0.3, -0.25) is 4.79 Å². The first kappa shape index (κ1) is 17.5. The predicted octanol–water partition coefficient (Wildman–Crippen LogP) is 3.47. The second-order valence-electron chi connectivity index (χ2n) is 5.38. The Kier molecular flexibility index (Phi) is 4.88. The summed E-state index contributed by atoms with van der Waals surface area (Å²) >= 11 is 0. The van der Waals surface area contributed by atoms with Crippen molar-refractivity contribution in [3.8, 4) is 28.6 Å². The minimum atomic E-state index is -0.339. The van der Waals surface area contributed by atoms with Gasteiger partial charge in [0.1, 0.15) is 17.3 Å². The lowest BCUT2D eigenvalue weighted by Gasteiger charge is -2.13. The van der Waals surface area contributed by atoms with Gasteiger partial charge in [0.25, 0.3) is 0 Å². The standard InChI is InChI=1S/C19H17FN2O4/c1-24-15-8-12(9-16(25-2)18(15)26-3)17(23)14-10-21-19(22-14)11-4-6-13(20)7-5-11/h4-10H,1-3H3,(H,21,22). The fraction of sp³-hybridized carbons (Fsp3) is 0.158. The molecule has 3 aromatic rings. The molecule has 1 N–H and O–H groups in total. The molecule has 0 amide bonds. The third-order valence-electron chi connectivity index (χ3n) is 3.86. The number of ketones is 1. The smallest absolute Gasteiger partial charge is 0.213 e. The largest absolute Gasteiger partial charge is 0.493 e. The molecule has 0 aliphatic heterocycles. The molecule has 1 aromatic heterocycles. The highest BCUT2D eigenvalue weighted by molar-refractivity contribution is 6.08. The van der Waals surface area contributed by atoms with E-state index in [1.165, 1.54) is 39.7 Å². The molecule has 0 unspecified atom stereocenters. The number of carbonyl (C=O) groups excluding carboxylic acids is 1. The topological polar surface area (TPSA) is 73.4 Å². The highest BCUT2D eigenvalue weighted by atomic mass is 19.1. The lowest BCUT2D eigenvalue weighted by molar-refractivity contribution is 0.103. The summed E-state index contributed by atoms with van der Waals surface area (Å²) in [4.78, 5) is 20.0. The molecule has 0 atom stereocenters. The van der Waals surface area contributed by atoms with E-state index in [2.05, 4.69) is 9.97 Å². The molecule has 7 heteroatoms. The van der Waals surface area contributed by atoms with Crippen molar-refractivity contribution >= 4 is 5.78 Å². The maximum absolute atomic E-state index is 13.0. The van der Waals surface area contributed by atoms with Crippen LogP contribution in [0.2, 0.25) is 0 Å². The molecule has 0 radical (unpaired) electrons. The van der Waals surface area contributed by atoms with E-state index in [0.29, 0.717) is 34.2 Å². The molecule has 0 aliphatic carbocycles. The number of imidazole rings is 1. The fourth-order valence-electron chi connectivity index (χ4n) is 2.55. The van der Waals surface area contributed by atoms with E-state index in [0.717, 1.165) is 0 Å². The molecule has 2 aromatic carbocycles. The van der Waals surface area contributed by atoms with Crippen LogP contribution < -0.4 is 14.2 Å². The molecule has 134 valence electrons. The van der Waals surface area contributed by atoms with Crippen molar-refractivity contribution in [2.45, 2.75) is 0 Å². The SMILES string of the molecule is COc1cc(C(=O)c2c[nH]c(-c3ccc(F)cc3)n2)cc(OC)c1OC. The van der Waals surface area contributed by atoms with Crippen molar-refractivity contribution in [3.05, 3.63) is 59.7 Å². The molecular weight excluding hydrogens is 339 g/mol. The Morgan fingerprint density at radius 2 is 1.62 bits per heavy atom. The molecule has 0 spiro atoms. The Balaban J connectivity index is 1.96. The summed E-state index contributed by atoms with van der Waals surface area (Å²) in [6.07, 6.45) is 1.50. The number of aromatic nitrogens is 2. The van der Waals surface area contributed by atoms with Crippen LogP contribution in [0.25, 0.3) is 11.4 Å². The monoisotopic (exact) mass is 356 g/mol. The van der Waals surface area contributed by atoms with E-state index < -0.39 is 0 Å². The lowest BCUT2D eigenvalue weighted by atomic mass is 10.1. The lowest BCUT2D eigenvalue weighted by Crippen LogP contribution is -2.04. The normalized spacial score (nSPS) is 10.5. The van der Waals surface area contributed by atoms with Crippen molar-refractivity contribution in [1.82, 2.24) is 9.97 Å². The number of halogens is 1. The number of nitrogens with one attached hydrogen (secondary N) is 1. The number of benzene rings is 2. The van der Waals surface area contributed by atoms with Crippen LogP contribution in [0.5, 0.6) is 17.2 Å². The van der Waals surface area contributed by atoms with Gasteiger partial charge >= 0.3 is 0 Å². The van der Waals surface area contributed by atoms with Crippen LogP contribution in [-0.4, -0.2) is 37.1 Å². The van der Waals surface area contributed by atoms with Gasteiger partial charge in [0.05, 0.1) is 21.3 Å². The zero-order chi connectivity index (χ0) is 18.7. The van der Waals surface area contributed by atoms with E-state index >= 15 is 0 Å². The van der Waals surface area contributed by atoms with E-state index in [1.54, 1.807) is 24.3 Å². The number of nitrogens with zero attached hydrogens (tertiary/aromatic N) is 1. The second-order valence-corrected chi connectivity index (χ2v) is 5.38. The summed E-state index contributed by atoms with van der Waals surface area (Å²) in [5.41, 5.74) is 1.24. The Morgan fingerprint density at radius 1 is 1.00 bits per heavy atom. The summed E-state index contributed by atoms with van der Waals surface area (Å²) in [7, 11) is 4.45. The molecule has 0 bridgehead atoms. The van der Waals surface area contributed by atoms with Gasteiger partial charge in [-0.2, -0.15) is 0 Å². The second kappa shape index (κ2) is 7.26.